The Morgan fingerprint density at radius 2 is 1.59 bits per heavy atom. The van der Waals surface area contributed by atoms with Gasteiger partial charge in [-0.25, -0.2) is 8.78 Å². The standard InChI is InChI=1S/C28H26F2N2O6S/c1-16(28(36)37)31-24(34)14-38-22-12-4-18(5-13-22)25-26(27(35)32(25)21-10-8-20(30)9-11-21)39-15-23(33)17-2-6-19(29)7-3-17/h2-13,16,23,25-26,33H,14-15H2,1H3,(H,31,34)(H,36,37)/t16-,23?,25?,26?/m1/s1. The van der Waals surface area contributed by atoms with Crippen molar-refractivity contribution in [1.82, 2.24) is 5.32 Å². The molecular formula is C28H26F2N2O6S. The zero-order valence-electron chi connectivity index (χ0n) is 20.8. The highest BCUT2D eigenvalue weighted by Gasteiger charge is 2.49. The normalized spacial score (nSPS) is 18.2. The topological polar surface area (TPSA) is 116 Å². The molecule has 0 radical (unpaired) electrons. The van der Waals surface area contributed by atoms with E-state index < -0.39 is 46.9 Å². The predicted octanol–water partition coefficient (Wildman–Crippen LogP) is 3.86. The summed E-state index contributed by atoms with van der Waals surface area (Å²) in [5.74, 6) is -2.23. The first kappa shape index (κ1) is 28.1. The van der Waals surface area contributed by atoms with Crippen LogP contribution in [0.3, 0.4) is 0 Å². The predicted molar refractivity (Wildman–Crippen MR) is 141 cm³/mol. The highest BCUT2D eigenvalue weighted by molar-refractivity contribution is 8.00. The second-order valence-corrected chi connectivity index (χ2v) is 10.1. The Morgan fingerprint density at radius 1 is 1.00 bits per heavy atom. The lowest BCUT2D eigenvalue weighted by molar-refractivity contribution is -0.141. The molecule has 1 aliphatic heterocycles. The number of carbonyl (C=O) groups is 3. The van der Waals surface area contributed by atoms with E-state index in [0.717, 1.165) is 5.56 Å². The molecule has 0 spiro atoms. The molecule has 0 aromatic heterocycles. The van der Waals surface area contributed by atoms with Gasteiger partial charge in [-0.1, -0.05) is 24.3 Å². The van der Waals surface area contributed by atoms with Crippen LogP contribution in [0.15, 0.2) is 72.8 Å². The van der Waals surface area contributed by atoms with Crippen molar-refractivity contribution >= 4 is 35.2 Å². The van der Waals surface area contributed by atoms with Crippen LogP contribution in [-0.2, 0) is 14.4 Å². The maximum atomic E-state index is 13.5. The molecule has 3 aromatic carbocycles. The van der Waals surface area contributed by atoms with Crippen molar-refractivity contribution in [2.45, 2.75) is 30.4 Å². The van der Waals surface area contributed by atoms with E-state index >= 15 is 0 Å². The van der Waals surface area contributed by atoms with Crippen LogP contribution >= 0.6 is 11.8 Å². The molecule has 11 heteroatoms. The van der Waals surface area contributed by atoms with Gasteiger partial charge in [-0.15, -0.1) is 11.8 Å². The highest BCUT2D eigenvalue weighted by Crippen LogP contribution is 2.46. The molecule has 0 saturated carbocycles. The number of carboxylic acids is 1. The molecule has 39 heavy (non-hydrogen) atoms. The number of hydrogen-bond donors (Lipinski definition) is 3. The molecule has 3 unspecified atom stereocenters. The molecule has 8 nitrogen and oxygen atoms in total. The first-order chi connectivity index (χ1) is 18.6. The molecule has 1 fully saturated rings. The fraction of sp³-hybridized carbons (Fsp3) is 0.250. The number of anilines is 1. The van der Waals surface area contributed by atoms with Crippen LogP contribution in [0.4, 0.5) is 14.5 Å². The summed E-state index contributed by atoms with van der Waals surface area (Å²) in [5.41, 5.74) is 1.81. The van der Waals surface area contributed by atoms with Crippen LogP contribution in [0.25, 0.3) is 0 Å². The number of ether oxygens (including phenoxy) is 1. The smallest absolute Gasteiger partial charge is 0.325 e. The van der Waals surface area contributed by atoms with Crippen LogP contribution in [0.5, 0.6) is 5.75 Å². The number of amides is 2. The molecule has 3 N–H and O–H groups in total. The van der Waals surface area contributed by atoms with Crippen LogP contribution in [0.1, 0.15) is 30.2 Å². The maximum Gasteiger partial charge on any atom is 0.325 e. The zero-order valence-corrected chi connectivity index (χ0v) is 21.6. The van der Waals surface area contributed by atoms with Crippen LogP contribution in [0.2, 0.25) is 0 Å². The van der Waals surface area contributed by atoms with Gasteiger partial charge in [-0.05, 0) is 66.6 Å². The Balaban J connectivity index is 1.47. The number of nitrogens with one attached hydrogen (secondary N) is 1. The molecule has 1 aliphatic rings. The summed E-state index contributed by atoms with van der Waals surface area (Å²) < 4.78 is 32.2. The van der Waals surface area contributed by atoms with Gasteiger partial charge in [0.25, 0.3) is 5.91 Å². The van der Waals surface area contributed by atoms with E-state index in [2.05, 4.69) is 5.32 Å². The highest BCUT2D eigenvalue weighted by atomic mass is 32.2. The SMILES string of the molecule is C[C@@H](NC(=O)COc1ccc(C2C(SCC(O)c3ccc(F)cc3)C(=O)N2c2ccc(F)cc2)cc1)C(=O)O. The summed E-state index contributed by atoms with van der Waals surface area (Å²) >= 11 is 1.27. The lowest BCUT2D eigenvalue weighted by Gasteiger charge is -2.47. The fourth-order valence-electron chi connectivity index (χ4n) is 4.07. The molecule has 2 amide bonds. The lowest BCUT2D eigenvalue weighted by Crippen LogP contribution is -2.57. The summed E-state index contributed by atoms with van der Waals surface area (Å²) in [6, 6.07) is 16.3. The van der Waals surface area contributed by atoms with E-state index in [0.29, 0.717) is 17.0 Å². The molecule has 1 heterocycles. The average Bonchev–Trinajstić information content (AvgIpc) is 2.92. The summed E-state index contributed by atoms with van der Waals surface area (Å²) in [5, 5.41) is 21.2. The van der Waals surface area contributed by atoms with E-state index in [1.54, 1.807) is 29.2 Å². The molecule has 4 rings (SSSR count). The first-order valence-electron chi connectivity index (χ1n) is 12.0. The van der Waals surface area contributed by atoms with E-state index in [1.165, 1.54) is 67.2 Å². The number of aliphatic hydroxyl groups is 1. The maximum absolute atomic E-state index is 13.5. The van der Waals surface area contributed by atoms with Crippen LogP contribution < -0.4 is 15.0 Å². The molecular weight excluding hydrogens is 530 g/mol. The van der Waals surface area contributed by atoms with E-state index in [1.807, 2.05) is 0 Å². The summed E-state index contributed by atoms with van der Waals surface area (Å²) in [7, 11) is 0. The number of carbonyl (C=O) groups excluding carboxylic acids is 2. The fourth-order valence-corrected chi connectivity index (χ4v) is 5.37. The van der Waals surface area contributed by atoms with Crippen LogP contribution in [0, 0.1) is 11.6 Å². The van der Waals surface area contributed by atoms with Crippen molar-refractivity contribution < 1.29 is 38.1 Å². The first-order valence-corrected chi connectivity index (χ1v) is 13.1. The van der Waals surface area contributed by atoms with Gasteiger partial charge in [-0.2, -0.15) is 0 Å². The second-order valence-electron chi connectivity index (χ2n) is 8.94. The van der Waals surface area contributed by atoms with Crippen molar-refractivity contribution in [1.29, 1.82) is 0 Å². The molecule has 0 bridgehead atoms. The van der Waals surface area contributed by atoms with Gasteiger partial charge in [0, 0.05) is 11.4 Å². The number of β-lactam (4-membered cyclic amide) rings is 1. The van der Waals surface area contributed by atoms with Crippen molar-refractivity contribution in [3.05, 3.63) is 95.6 Å². The van der Waals surface area contributed by atoms with Gasteiger partial charge in [0.05, 0.1) is 12.1 Å². The Morgan fingerprint density at radius 3 is 2.18 bits per heavy atom. The van der Waals surface area contributed by atoms with Gasteiger partial charge >= 0.3 is 5.97 Å². The van der Waals surface area contributed by atoms with Crippen molar-refractivity contribution in [3.8, 4) is 5.75 Å². The van der Waals surface area contributed by atoms with Gasteiger partial charge in [0.15, 0.2) is 6.61 Å². The third-order valence-corrected chi connectivity index (χ3v) is 7.51. The molecule has 1 saturated heterocycles. The number of aliphatic carboxylic acids is 1. The Kier molecular flexibility index (Phi) is 8.82. The molecule has 3 aromatic rings. The average molecular weight is 557 g/mol. The summed E-state index contributed by atoms with van der Waals surface area (Å²) in [4.78, 5) is 37.5. The summed E-state index contributed by atoms with van der Waals surface area (Å²) in [6.07, 6.45) is -0.908. The summed E-state index contributed by atoms with van der Waals surface area (Å²) in [6.45, 7) is 0.967. The third kappa shape index (κ3) is 6.73. The second kappa shape index (κ2) is 12.3. The molecule has 4 atom stereocenters. The third-order valence-electron chi connectivity index (χ3n) is 6.18. The minimum atomic E-state index is -1.16. The minimum absolute atomic E-state index is 0.195. The molecule has 0 aliphatic carbocycles. The minimum Gasteiger partial charge on any atom is -0.484 e. The largest absolute Gasteiger partial charge is 0.484 e. The number of nitrogens with zero attached hydrogens (tertiary/aromatic N) is 1. The van der Waals surface area contributed by atoms with E-state index in [9.17, 15) is 28.3 Å². The van der Waals surface area contributed by atoms with Gasteiger partial charge < -0.3 is 25.2 Å². The number of halogens is 2. The Hall–Kier alpha value is -3.96. The van der Waals surface area contributed by atoms with Gasteiger partial charge in [0.2, 0.25) is 5.91 Å². The quantitative estimate of drug-likeness (QED) is 0.307. The van der Waals surface area contributed by atoms with Crippen LogP contribution in [-0.4, -0.2) is 51.6 Å². The van der Waals surface area contributed by atoms with Gasteiger partial charge in [0.1, 0.15) is 28.7 Å². The number of aliphatic hydroxyl groups excluding tert-OH is 1. The van der Waals surface area contributed by atoms with E-state index in [-0.39, 0.29) is 18.3 Å². The number of benzene rings is 3. The number of hydrogen-bond acceptors (Lipinski definition) is 6. The number of rotatable bonds is 11. The zero-order chi connectivity index (χ0) is 28.1. The number of thioether (sulfide) groups is 1. The lowest BCUT2D eigenvalue weighted by atomic mass is 9.92. The monoisotopic (exact) mass is 556 g/mol. The van der Waals surface area contributed by atoms with Gasteiger partial charge in [-0.3, -0.25) is 14.4 Å². The van der Waals surface area contributed by atoms with Crippen molar-refractivity contribution in [2.24, 2.45) is 0 Å². The van der Waals surface area contributed by atoms with E-state index in [4.69, 9.17) is 9.84 Å². The molecule has 204 valence electrons. The number of carboxylic acid groups (broad SMARTS) is 1. The van der Waals surface area contributed by atoms with Crippen molar-refractivity contribution in [3.63, 3.8) is 0 Å². The Labute approximate surface area is 227 Å². The Bertz CT molecular complexity index is 1320. The van der Waals surface area contributed by atoms with Crippen molar-refractivity contribution in [2.75, 3.05) is 17.3 Å².